The molecule has 0 saturated carbocycles. The lowest BCUT2D eigenvalue weighted by Crippen LogP contribution is -2.28. The van der Waals surface area contributed by atoms with Crippen molar-refractivity contribution >= 4 is 31.5 Å². The van der Waals surface area contributed by atoms with E-state index in [1.54, 1.807) is 11.3 Å². The molecule has 0 N–H and O–H groups in total. The first-order valence-electron chi connectivity index (χ1n) is 18.9. The van der Waals surface area contributed by atoms with Crippen molar-refractivity contribution < 1.29 is 0 Å². The van der Waals surface area contributed by atoms with Crippen LogP contribution in [0.25, 0.3) is 76.6 Å². The maximum Gasteiger partial charge on any atom is 0.164 e. The number of hydrogen-bond acceptors (Lipinski definition) is 4. The molecule has 4 heteroatoms. The Morgan fingerprint density at radius 2 is 0.804 bits per heavy atom. The minimum absolute atomic E-state index is 0.525. The molecule has 1 aliphatic rings. The summed E-state index contributed by atoms with van der Waals surface area (Å²) in [4.78, 5) is 15.7. The number of rotatable bonds is 6. The number of hydrogen-bond donors (Lipinski definition) is 0. The largest absolute Gasteiger partial charge is 0.208 e. The van der Waals surface area contributed by atoms with Gasteiger partial charge in [-0.1, -0.05) is 182 Å². The molecule has 0 bridgehead atoms. The Balaban J connectivity index is 1.12. The monoisotopic (exact) mass is 731 g/mol. The van der Waals surface area contributed by atoms with Crippen LogP contribution in [0.2, 0.25) is 0 Å². The molecule has 10 aromatic rings. The van der Waals surface area contributed by atoms with Gasteiger partial charge < -0.3 is 0 Å². The van der Waals surface area contributed by atoms with Crippen LogP contribution in [0.3, 0.4) is 0 Å². The van der Waals surface area contributed by atoms with E-state index in [4.69, 9.17) is 15.0 Å². The van der Waals surface area contributed by atoms with Crippen molar-refractivity contribution in [3.05, 3.63) is 222 Å². The van der Waals surface area contributed by atoms with Crippen LogP contribution in [0.15, 0.2) is 200 Å². The summed E-state index contributed by atoms with van der Waals surface area (Å²) < 4.78 is 2.49. The normalized spacial score (nSPS) is 12.8. The fraction of sp³-hybridized carbons (Fsp3) is 0.0192. The Kier molecular flexibility index (Phi) is 7.58. The lowest BCUT2D eigenvalue weighted by molar-refractivity contribution is 0.768. The van der Waals surface area contributed by atoms with Gasteiger partial charge in [0, 0.05) is 36.9 Å². The summed E-state index contributed by atoms with van der Waals surface area (Å²) in [5.41, 5.74) is 12.1. The van der Waals surface area contributed by atoms with Crippen LogP contribution < -0.4 is 0 Å². The molecule has 262 valence electrons. The van der Waals surface area contributed by atoms with Crippen LogP contribution in [0.5, 0.6) is 0 Å². The third-order valence-corrected chi connectivity index (χ3v) is 12.4. The van der Waals surface area contributed by atoms with Crippen molar-refractivity contribution in [3.63, 3.8) is 0 Å². The molecule has 0 radical (unpaired) electrons. The smallest absolute Gasteiger partial charge is 0.164 e. The number of fused-ring (bicyclic) bond motifs is 6. The third-order valence-electron chi connectivity index (χ3n) is 11.2. The molecule has 56 heavy (non-hydrogen) atoms. The lowest BCUT2D eigenvalue weighted by Gasteiger charge is -2.34. The summed E-state index contributed by atoms with van der Waals surface area (Å²) >= 11 is 1.80. The molecule has 0 spiro atoms. The van der Waals surface area contributed by atoms with Crippen LogP contribution in [0, 0.1) is 0 Å². The summed E-state index contributed by atoms with van der Waals surface area (Å²) in [6, 6.07) is 71.6. The molecule has 8 aromatic carbocycles. The van der Waals surface area contributed by atoms with Gasteiger partial charge in [-0.3, -0.25) is 0 Å². The first-order valence-corrected chi connectivity index (χ1v) is 19.8. The van der Waals surface area contributed by atoms with Gasteiger partial charge in [-0.05, 0) is 62.7 Å². The van der Waals surface area contributed by atoms with Gasteiger partial charge in [0.25, 0.3) is 0 Å². The summed E-state index contributed by atoms with van der Waals surface area (Å²) in [6.45, 7) is 0. The van der Waals surface area contributed by atoms with E-state index in [1.807, 2.05) is 6.07 Å². The molecule has 2 aromatic heterocycles. The van der Waals surface area contributed by atoms with Crippen LogP contribution in [0.4, 0.5) is 0 Å². The van der Waals surface area contributed by atoms with Gasteiger partial charge in [-0.15, -0.1) is 11.3 Å². The fourth-order valence-corrected chi connectivity index (χ4v) is 9.80. The molecule has 1 aliphatic carbocycles. The zero-order chi connectivity index (χ0) is 37.1. The second-order valence-electron chi connectivity index (χ2n) is 14.3. The van der Waals surface area contributed by atoms with E-state index in [1.165, 1.54) is 59.1 Å². The number of thiophene rings is 1. The molecular formula is C52H33N3S. The lowest BCUT2D eigenvalue weighted by atomic mass is 9.67. The minimum atomic E-state index is -0.525. The van der Waals surface area contributed by atoms with E-state index in [0.29, 0.717) is 17.5 Å². The van der Waals surface area contributed by atoms with Crippen molar-refractivity contribution in [3.8, 4) is 56.4 Å². The number of benzene rings is 8. The molecule has 0 atom stereocenters. The average Bonchev–Trinajstić information content (AvgIpc) is 3.80. The summed E-state index contributed by atoms with van der Waals surface area (Å²) in [7, 11) is 0. The molecule has 0 unspecified atom stereocenters. The Bertz CT molecular complexity index is 3020. The van der Waals surface area contributed by atoms with Crippen molar-refractivity contribution in [2.75, 3.05) is 0 Å². The van der Waals surface area contributed by atoms with Crippen molar-refractivity contribution in [2.45, 2.75) is 5.41 Å². The number of aromatic nitrogens is 3. The van der Waals surface area contributed by atoms with Crippen molar-refractivity contribution in [1.82, 2.24) is 15.0 Å². The average molecular weight is 732 g/mol. The van der Waals surface area contributed by atoms with E-state index in [9.17, 15) is 0 Å². The highest BCUT2D eigenvalue weighted by Crippen LogP contribution is 2.56. The molecule has 2 heterocycles. The predicted octanol–water partition coefficient (Wildman–Crippen LogP) is 13.3. The standard InChI is InChI=1S/C52H33N3S/c1-4-14-34(15-5-1)35-24-26-36(27-25-35)49-53-50(55-51(54-49)38-29-31-44-43-21-11-13-23-47(43)56-48(44)33-38)37-28-30-42-41-20-10-12-22-45(41)52(46(42)32-37,39-16-6-2-7-17-39)40-18-8-3-9-19-40/h1-33H. The summed E-state index contributed by atoms with van der Waals surface area (Å²) in [5, 5.41) is 2.52. The second-order valence-corrected chi connectivity index (χ2v) is 15.4. The van der Waals surface area contributed by atoms with Crippen LogP contribution in [0.1, 0.15) is 22.3 Å². The van der Waals surface area contributed by atoms with E-state index in [2.05, 4.69) is 194 Å². The Hall–Kier alpha value is -7.01. The van der Waals surface area contributed by atoms with Gasteiger partial charge in [0.2, 0.25) is 0 Å². The fourth-order valence-electron chi connectivity index (χ4n) is 8.65. The van der Waals surface area contributed by atoms with Crippen LogP contribution in [-0.4, -0.2) is 15.0 Å². The predicted molar refractivity (Wildman–Crippen MR) is 232 cm³/mol. The maximum atomic E-state index is 5.28. The highest BCUT2D eigenvalue weighted by molar-refractivity contribution is 7.25. The van der Waals surface area contributed by atoms with Gasteiger partial charge in [-0.2, -0.15) is 0 Å². The van der Waals surface area contributed by atoms with Crippen LogP contribution in [-0.2, 0) is 5.41 Å². The first kappa shape index (κ1) is 32.4. The van der Waals surface area contributed by atoms with E-state index in [0.717, 1.165) is 22.3 Å². The minimum Gasteiger partial charge on any atom is -0.208 e. The molecule has 0 saturated heterocycles. The van der Waals surface area contributed by atoms with Gasteiger partial charge in [0.05, 0.1) is 5.41 Å². The Morgan fingerprint density at radius 1 is 0.321 bits per heavy atom. The molecule has 0 fully saturated rings. The van der Waals surface area contributed by atoms with Crippen molar-refractivity contribution in [2.24, 2.45) is 0 Å². The van der Waals surface area contributed by atoms with E-state index >= 15 is 0 Å². The SMILES string of the molecule is c1ccc(-c2ccc(-c3nc(-c4ccc5c(c4)C(c4ccccc4)(c4ccccc4)c4ccccc4-5)nc(-c4ccc5c(c4)sc4ccccc45)n3)cc2)cc1. The first-order chi connectivity index (χ1) is 27.7. The molecular weight excluding hydrogens is 699 g/mol. The van der Waals surface area contributed by atoms with Gasteiger partial charge in [0.1, 0.15) is 0 Å². The summed E-state index contributed by atoms with van der Waals surface area (Å²) in [5.74, 6) is 1.93. The van der Waals surface area contributed by atoms with Gasteiger partial charge >= 0.3 is 0 Å². The molecule has 11 rings (SSSR count). The third kappa shape index (κ3) is 5.14. The Morgan fingerprint density at radius 3 is 1.52 bits per heavy atom. The zero-order valence-electron chi connectivity index (χ0n) is 30.3. The van der Waals surface area contributed by atoms with Gasteiger partial charge in [-0.25, -0.2) is 15.0 Å². The van der Waals surface area contributed by atoms with E-state index in [-0.39, 0.29) is 0 Å². The van der Waals surface area contributed by atoms with Gasteiger partial charge in [0.15, 0.2) is 17.5 Å². The molecule has 3 nitrogen and oxygen atoms in total. The quantitative estimate of drug-likeness (QED) is 0.171. The molecule has 0 amide bonds. The highest BCUT2D eigenvalue weighted by atomic mass is 32.1. The Labute approximate surface area is 329 Å². The second kappa shape index (κ2) is 13.1. The van der Waals surface area contributed by atoms with Crippen molar-refractivity contribution in [1.29, 1.82) is 0 Å². The topological polar surface area (TPSA) is 38.7 Å². The molecule has 0 aliphatic heterocycles. The van der Waals surface area contributed by atoms with Crippen LogP contribution >= 0.6 is 11.3 Å². The maximum absolute atomic E-state index is 5.28. The number of nitrogens with zero attached hydrogens (tertiary/aromatic N) is 3. The highest BCUT2D eigenvalue weighted by Gasteiger charge is 2.46. The van der Waals surface area contributed by atoms with E-state index < -0.39 is 5.41 Å². The summed E-state index contributed by atoms with van der Waals surface area (Å²) in [6.07, 6.45) is 0. The zero-order valence-corrected chi connectivity index (χ0v) is 31.1.